The average molecular weight is 378 g/mol. The maximum Gasteiger partial charge on any atom is 0.284 e. The number of amides is 1. The molecular weight excluding hydrogens is 360 g/mol. The molecule has 1 saturated heterocycles. The van der Waals surface area contributed by atoms with Crippen LogP contribution in [0.5, 0.6) is 0 Å². The number of hydrogen-bond acceptors (Lipinski definition) is 7. The van der Waals surface area contributed by atoms with Crippen LogP contribution >= 0.6 is 23.1 Å². The van der Waals surface area contributed by atoms with E-state index in [1.54, 1.807) is 17.0 Å². The lowest BCUT2D eigenvalue weighted by Crippen LogP contribution is -2.45. The number of carbonyl (C=O) groups excluding carboxylic acids is 1. The number of benzene rings is 1. The Bertz CT molecular complexity index is 808. The van der Waals surface area contributed by atoms with Crippen LogP contribution in [0.15, 0.2) is 32.8 Å². The van der Waals surface area contributed by atoms with E-state index in [2.05, 4.69) is 4.98 Å². The van der Waals surface area contributed by atoms with Crippen molar-refractivity contribution >= 4 is 34.7 Å². The minimum atomic E-state index is -0.457. The van der Waals surface area contributed by atoms with Crippen LogP contribution < -0.4 is 5.73 Å². The van der Waals surface area contributed by atoms with Gasteiger partial charge in [-0.25, -0.2) is 4.98 Å². The minimum absolute atomic E-state index is 0.0318. The number of thiazole rings is 1. The van der Waals surface area contributed by atoms with Gasteiger partial charge in [0.05, 0.1) is 9.82 Å². The van der Waals surface area contributed by atoms with Gasteiger partial charge in [0.1, 0.15) is 0 Å². The molecule has 0 aliphatic carbocycles. The molecule has 0 saturated carbocycles. The van der Waals surface area contributed by atoms with Gasteiger partial charge < -0.3 is 10.6 Å². The van der Waals surface area contributed by atoms with E-state index >= 15 is 0 Å². The van der Waals surface area contributed by atoms with Crippen LogP contribution in [0.3, 0.4) is 0 Å². The van der Waals surface area contributed by atoms with Gasteiger partial charge in [-0.2, -0.15) is 0 Å². The van der Waals surface area contributed by atoms with Gasteiger partial charge in [0.15, 0.2) is 4.34 Å². The average Bonchev–Trinajstić information content (AvgIpc) is 2.99. The fourth-order valence-corrected chi connectivity index (χ4v) is 4.61. The van der Waals surface area contributed by atoms with Gasteiger partial charge in [0.25, 0.3) is 11.6 Å². The van der Waals surface area contributed by atoms with Crippen LogP contribution in [-0.4, -0.2) is 39.8 Å². The van der Waals surface area contributed by atoms with Crippen molar-refractivity contribution in [3.63, 3.8) is 0 Å². The van der Waals surface area contributed by atoms with Crippen molar-refractivity contribution in [2.24, 2.45) is 5.73 Å². The zero-order chi connectivity index (χ0) is 18.0. The van der Waals surface area contributed by atoms with Gasteiger partial charge in [-0.05, 0) is 31.9 Å². The summed E-state index contributed by atoms with van der Waals surface area (Å²) in [6, 6.07) is 4.58. The fourth-order valence-electron chi connectivity index (χ4n) is 2.73. The first-order valence-corrected chi connectivity index (χ1v) is 9.57. The first-order chi connectivity index (χ1) is 11.9. The van der Waals surface area contributed by atoms with Gasteiger partial charge >= 0.3 is 0 Å². The Labute approximate surface area is 153 Å². The summed E-state index contributed by atoms with van der Waals surface area (Å²) in [5, 5.41) is 13.3. The highest BCUT2D eigenvalue weighted by Gasteiger charge is 2.25. The Kier molecular flexibility index (Phi) is 5.36. The molecule has 1 aromatic carbocycles. The van der Waals surface area contributed by atoms with E-state index in [0.717, 1.165) is 22.9 Å². The number of nitrogens with zero attached hydrogens (tertiary/aromatic N) is 3. The number of piperidine rings is 1. The molecular formula is C16H18N4O3S2. The highest BCUT2D eigenvalue weighted by atomic mass is 32.2. The minimum Gasteiger partial charge on any atom is -0.337 e. The Morgan fingerprint density at radius 1 is 1.52 bits per heavy atom. The molecule has 1 fully saturated rings. The molecule has 0 spiro atoms. The topological polar surface area (TPSA) is 102 Å². The molecule has 1 atom stereocenters. The van der Waals surface area contributed by atoms with Crippen molar-refractivity contribution < 1.29 is 9.72 Å². The Hall–Kier alpha value is -1.97. The Balaban J connectivity index is 1.85. The second kappa shape index (κ2) is 7.51. The molecule has 25 heavy (non-hydrogen) atoms. The largest absolute Gasteiger partial charge is 0.337 e. The second-order valence-corrected chi connectivity index (χ2v) is 8.10. The number of likely N-dealkylation sites (tertiary alicyclic amines) is 1. The lowest BCUT2D eigenvalue weighted by atomic mass is 10.1. The predicted octanol–water partition coefficient (Wildman–Crippen LogP) is 3.07. The molecule has 3 rings (SSSR count). The number of nitro benzene ring substituents is 1. The summed E-state index contributed by atoms with van der Waals surface area (Å²) in [5.74, 6) is -0.208. The van der Waals surface area contributed by atoms with E-state index < -0.39 is 4.92 Å². The van der Waals surface area contributed by atoms with Crippen molar-refractivity contribution in [2.45, 2.75) is 35.0 Å². The molecule has 1 unspecified atom stereocenters. The highest BCUT2D eigenvalue weighted by molar-refractivity contribution is 8.01. The maximum atomic E-state index is 12.6. The molecule has 1 amide bonds. The highest BCUT2D eigenvalue weighted by Crippen LogP contribution is 2.37. The van der Waals surface area contributed by atoms with Gasteiger partial charge in [0.2, 0.25) is 0 Å². The van der Waals surface area contributed by atoms with Gasteiger partial charge in [-0.15, -0.1) is 11.3 Å². The third-order valence-corrected chi connectivity index (χ3v) is 6.06. The van der Waals surface area contributed by atoms with Crippen molar-refractivity contribution in [1.29, 1.82) is 0 Å². The predicted molar refractivity (Wildman–Crippen MR) is 97.2 cm³/mol. The molecule has 2 heterocycles. The van der Waals surface area contributed by atoms with Gasteiger partial charge in [-0.1, -0.05) is 11.8 Å². The standard InChI is InChI=1S/C16H18N4O3S2/c1-10-9-24-16(18-10)25-14-5-4-11(7-13(14)20(22)23)15(21)19-6-2-3-12(17)8-19/h4-5,7,9,12H,2-3,6,8,17H2,1H3. The van der Waals surface area contributed by atoms with E-state index in [-0.39, 0.29) is 17.6 Å². The van der Waals surface area contributed by atoms with E-state index in [9.17, 15) is 14.9 Å². The zero-order valence-corrected chi connectivity index (χ0v) is 15.3. The van der Waals surface area contributed by atoms with Crippen LogP contribution in [0, 0.1) is 17.0 Å². The van der Waals surface area contributed by atoms with Crippen LogP contribution in [0.4, 0.5) is 5.69 Å². The maximum absolute atomic E-state index is 12.6. The van der Waals surface area contributed by atoms with Crippen LogP contribution in [0.25, 0.3) is 0 Å². The van der Waals surface area contributed by atoms with Crippen LogP contribution in [0.2, 0.25) is 0 Å². The number of rotatable bonds is 4. The SMILES string of the molecule is Cc1csc(Sc2ccc(C(=O)N3CCCC(N)C3)cc2[N+](=O)[O-])n1. The molecule has 1 aliphatic heterocycles. The van der Waals surface area contributed by atoms with E-state index in [4.69, 9.17) is 5.73 Å². The van der Waals surface area contributed by atoms with Crippen LogP contribution in [0.1, 0.15) is 28.9 Å². The quantitative estimate of drug-likeness (QED) is 0.648. The van der Waals surface area contributed by atoms with E-state index in [1.165, 1.54) is 29.2 Å². The van der Waals surface area contributed by atoms with Gasteiger partial charge in [0, 0.05) is 41.8 Å². The Morgan fingerprint density at radius 3 is 2.96 bits per heavy atom. The number of aryl methyl sites for hydroxylation is 1. The lowest BCUT2D eigenvalue weighted by Gasteiger charge is -2.30. The lowest BCUT2D eigenvalue weighted by molar-refractivity contribution is -0.387. The molecule has 0 bridgehead atoms. The summed E-state index contributed by atoms with van der Waals surface area (Å²) in [6.07, 6.45) is 1.75. The first kappa shape index (κ1) is 17.8. The normalized spacial score (nSPS) is 17.5. The smallest absolute Gasteiger partial charge is 0.284 e. The third-order valence-electron chi connectivity index (χ3n) is 3.94. The molecule has 1 aliphatic rings. The summed E-state index contributed by atoms with van der Waals surface area (Å²) in [6.45, 7) is 3.00. The molecule has 132 valence electrons. The summed E-state index contributed by atoms with van der Waals surface area (Å²) < 4.78 is 0.738. The number of nitro groups is 1. The Morgan fingerprint density at radius 2 is 2.32 bits per heavy atom. The van der Waals surface area contributed by atoms with Crippen molar-refractivity contribution in [3.05, 3.63) is 45.0 Å². The number of nitrogens with two attached hydrogens (primary N) is 1. The number of carbonyl (C=O) groups is 1. The third kappa shape index (κ3) is 4.17. The number of aromatic nitrogens is 1. The monoisotopic (exact) mass is 378 g/mol. The molecule has 7 nitrogen and oxygen atoms in total. The number of hydrogen-bond donors (Lipinski definition) is 1. The second-order valence-electron chi connectivity index (χ2n) is 5.95. The summed E-state index contributed by atoms with van der Waals surface area (Å²) >= 11 is 2.68. The fraction of sp³-hybridized carbons (Fsp3) is 0.375. The summed E-state index contributed by atoms with van der Waals surface area (Å²) in [4.78, 5) is 30.1. The molecule has 1 aromatic heterocycles. The van der Waals surface area contributed by atoms with E-state index in [0.29, 0.717) is 23.5 Å². The molecule has 9 heteroatoms. The van der Waals surface area contributed by atoms with Gasteiger partial charge in [-0.3, -0.25) is 14.9 Å². The first-order valence-electron chi connectivity index (χ1n) is 7.87. The van der Waals surface area contributed by atoms with Crippen LogP contribution in [-0.2, 0) is 0 Å². The summed E-state index contributed by atoms with van der Waals surface area (Å²) in [5.41, 5.74) is 7.04. The molecule has 2 N–H and O–H groups in total. The van der Waals surface area contributed by atoms with Crippen molar-refractivity contribution in [3.8, 4) is 0 Å². The zero-order valence-electron chi connectivity index (χ0n) is 13.7. The molecule has 2 aromatic rings. The summed E-state index contributed by atoms with van der Waals surface area (Å²) in [7, 11) is 0. The van der Waals surface area contributed by atoms with E-state index in [1.807, 2.05) is 12.3 Å². The molecule has 0 radical (unpaired) electrons. The van der Waals surface area contributed by atoms with Crippen molar-refractivity contribution in [2.75, 3.05) is 13.1 Å². The van der Waals surface area contributed by atoms with Crippen molar-refractivity contribution in [1.82, 2.24) is 9.88 Å².